The topological polar surface area (TPSA) is 79.0 Å². The van der Waals surface area contributed by atoms with Gasteiger partial charge in [0.2, 0.25) is 5.95 Å². The van der Waals surface area contributed by atoms with Crippen molar-refractivity contribution < 1.29 is 0 Å². The predicted molar refractivity (Wildman–Crippen MR) is 41.8 cm³/mol. The second-order valence-electron chi connectivity index (χ2n) is 2.10. The number of hydrogen-bond acceptors (Lipinski definition) is 3. The van der Waals surface area contributed by atoms with Crippen LogP contribution in [0.5, 0.6) is 0 Å². The highest BCUT2D eigenvalue weighted by Crippen LogP contribution is 2.06. The second-order valence-corrected chi connectivity index (χ2v) is 2.10. The summed E-state index contributed by atoms with van der Waals surface area (Å²) >= 11 is 0. The van der Waals surface area contributed by atoms with Crippen molar-refractivity contribution in [2.24, 2.45) is 5.11 Å². The molecule has 0 aliphatic rings. The van der Waals surface area contributed by atoms with Crippen molar-refractivity contribution in [1.82, 2.24) is 14.6 Å². The van der Waals surface area contributed by atoms with Gasteiger partial charge in [0.15, 0.2) is 5.65 Å². The monoisotopic (exact) mass is 160 g/mol. The van der Waals surface area contributed by atoms with Crippen LogP contribution in [0.4, 0.5) is 5.95 Å². The van der Waals surface area contributed by atoms with Crippen molar-refractivity contribution in [3.63, 3.8) is 0 Å². The highest BCUT2D eigenvalue weighted by atomic mass is 15.4. The molecule has 0 bridgehead atoms. The average Bonchev–Trinajstić information content (AvgIpc) is 2.47. The van der Waals surface area contributed by atoms with Gasteiger partial charge in [-0.25, -0.2) is 9.50 Å². The van der Waals surface area contributed by atoms with Crippen LogP contribution < -0.4 is 0 Å². The molecule has 2 rings (SSSR count). The van der Waals surface area contributed by atoms with Crippen molar-refractivity contribution in [1.29, 1.82) is 0 Å². The van der Waals surface area contributed by atoms with Crippen LogP contribution in [0, 0.1) is 0 Å². The highest BCUT2D eigenvalue weighted by molar-refractivity contribution is 5.40. The van der Waals surface area contributed by atoms with Gasteiger partial charge in [0.25, 0.3) is 0 Å². The van der Waals surface area contributed by atoms with Gasteiger partial charge < -0.3 is 0 Å². The fourth-order valence-electron chi connectivity index (χ4n) is 0.902. The molecular weight excluding hydrogens is 156 g/mol. The van der Waals surface area contributed by atoms with Crippen LogP contribution in [0.25, 0.3) is 16.1 Å². The molecule has 0 saturated carbocycles. The van der Waals surface area contributed by atoms with Crippen LogP contribution in [-0.4, -0.2) is 14.6 Å². The number of pyridine rings is 1. The van der Waals surface area contributed by atoms with E-state index in [0.29, 0.717) is 5.65 Å². The number of hydrogen-bond donors (Lipinski definition) is 0. The molecule has 12 heavy (non-hydrogen) atoms. The van der Waals surface area contributed by atoms with E-state index in [-0.39, 0.29) is 5.95 Å². The smallest absolute Gasteiger partial charge is 0.221 e. The maximum atomic E-state index is 8.11. The molecule has 0 aliphatic heterocycles. The van der Waals surface area contributed by atoms with E-state index in [2.05, 4.69) is 20.1 Å². The maximum Gasteiger partial charge on any atom is 0.238 e. The van der Waals surface area contributed by atoms with E-state index in [4.69, 9.17) is 5.53 Å². The Morgan fingerprint density at radius 2 is 2.42 bits per heavy atom. The Balaban J connectivity index is 2.69. The molecule has 0 unspecified atom stereocenters. The summed E-state index contributed by atoms with van der Waals surface area (Å²) in [6.45, 7) is 0. The summed E-state index contributed by atoms with van der Waals surface area (Å²) in [5.41, 5.74) is 8.78. The van der Waals surface area contributed by atoms with Crippen molar-refractivity contribution >= 4 is 11.6 Å². The molecule has 0 radical (unpaired) electrons. The lowest BCUT2D eigenvalue weighted by atomic mass is 10.5. The zero-order chi connectivity index (χ0) is 8.39. The minimum absolute atomic E-state index is 0.142. The van der Waals surface area contributed by atoms with Crippen LogP contribution in [0.2, 0.25) is 0 Å². The Morgan fingerprint density at radius 3 is 3.17 bits per heavy atom. The molecule has 58 valence electrons. The Hall–Kier alpha value is -2.07. The van der Waals surface area contributed by atoms with E-state index >= 15 is 0 Å². The predicted octanol–water partition coefficient (Wildman–Crippen LogP) is 1.67. The third-order valence-electron chi connectivity index (χ3n) is 1.36. The van der Waals surface area contributed by atoms with E-state index < -0.39 is 0 Å². The molecule has 2 aromatic heterocycles. The highest BCUT2D eigenvalue weighted by Gasteiger charge is 1.97. The quantitative estimate of drug-likeness (QED) is 0.361. The minimum Gasteiger partial charge on any atom is -0.221 e. The third kappa shape index (κ3) is 0.959. The van der Waals surface area contributed by atoms with Gasteiger partial charge in [0, 0.05) is 11.1 Å². The minimum atomic E-state index is 0.142. The summed E-state index contributed by atoms with van der Waals surface area (Å²) < 4.78 is 1.55. The number of aromatic nitrogens is 3. The van der Waals surface area contributed by atoms with Crippen molar-refractivity contribution in [2.45, 2.75) is 0 Å². The molecule has 2 aromatic rings. The molecule has 6 heteroatoms. The number of nitrogens with zero attached hydrogens (tertiary/aromatic N) is 6. The number of azide groups is 1. The zero-order valence-corrected chi connectivity index (χ0v) is 5.99. The van der Waals surface area contributed by atoms with Crippen molar-refractivity contribution in [2.75, 3.05) is 0 Å². The van der Waals surface area contributed by atoms with Gasteiger partial charge >= 0.3 is 0 Å². The zero-order valence-electron chi connectivity index (χ0n) is 5.99. The van der Waals surface area contributed by atoms with Gasteiger partial charge in [-0.2, -0.15) is 0 Å². The van der Waals surface area contributed by atoms with Crippen LogP contribution >= 0.6 is 0 Å². The fraction of sp³-hybridized carbons (Fsp3) is 0. The summed E-state index contributed by atoms with van der Waals surface area (Å²) in [5.74, 6) is 0.142. The first-order chi connectivity index (χ1) is 5.90. The standard InChI is InChI=1S/C6H4N6/c7-11-9-6-8-5-3-1-2-4-12(5)10-6/h1-4H. The summed E-state index contributed by atoms with van der Waals surface area (Å²) in [6.07, 6.45) is 1.73. The fourth-order valence-corrected chi connectivity index (χ4v) is 0.902. The Labute approximate surface area is 67.1 Å². The van der Waals surface area contributed by atoms with Gasteiger partial charge in [0.1, 0.15) is 0 Å². The Morgan fingerprint density at radius 1 is 1.50 bits per heavy atom. The molecule has 6 nitrogen and oxygen atoms in total. The normalized spacial score (nSPS) is 9.67. The first-order valence-electron chi connectivity index (χ1n) is 3.26. The lowest BCUT2D eigenvalue weighted by Crippen LogP contribution is -1.82. The van der Waals surface area contributed by atoms with Crippen LogP contribution in [0.3, 0.4) is 0 Å². The summed E-state index contributed by atoms with van der Waals surface area (Å²) in [5, 5.41) is 7.17. The molecule has 2 heterocycles. The molecule has 0 aromatic carbocycles. The summed E-state index contributed by atoms with van der Waals surface area (Å²) in [6, 6.07) is 5.44. The summed E-state index contributed by atoms with van der Waals surface area (Å²) in [7, 11) is 0. The van der Waals surface area contributed by atoms with Crippen LogP contribution in [-0.2, 0) is 0 Å². The maximum absolute atomic E-state index is 8.11. The van der Waals surface area contributed by atoms with Gasteiger partial charge in [-0.3, -0.25) is 0 Å². The van der Waals surface area contributed by atoms with E-state index in [1.807, 2.05) is 12.1 Å². The first kappa shape index (κ1) is 6.63. The van der Waals surface area contributed by atoms with Crippen molar-refractivity contribution in [3.8, 4) is 0 Å². The van der Waals surface area contributed by atoms with Gasteiger partial charge in [-0.15, -0.1) is 5.10 Å². The molecule has 0 saturated heterocycles. The van der Waals surface area contributed by atoms with E-state index in [1.54, 1.807) is 16.8 Å². The summed E-state index contributed by atoms with van der Waals surface area (Å²) in [4.78, 5) is 6.52. The van der Waals surface area contributed by atoms with Crippen molar-refractivity contribution in [3.05, 3.63) is 34.8 Å². The second kappa shape index (κ2) is 2.52. The first-order valence-corrected chi connectivity index (χ1v) is 3.26. The number of rotatable bonds is 1. The number of fused-ring (bicyclic) bond motifs is 1. The largest absolute Gasteiger partial charge is 0.238 e. The van der Waals surface area contributed by atoms with Gasteiger partial charge in [0.05, 0.1) is 0 Å². The lowest BCUT2D eigenvalue weighted by Gasteiger charge is -1.84. The molecule has 0 fully saturated rings. The van der Waals surface area contributed by atoms with E-state index in [0.717, 1.165) is 0 Å². The molecule has 0 spiro atoms. The van der Waals surface area contributed by atoms with Crippen LogP contribution in [0.15, 0.2) is 29.5 Å². The van der Waals surface area contributed by atoms with Gasteiger partial charge in [-0.1, -0.05) is 6.07 Å². The molecule has 0 amide bonds. The van der Waals surface area contributed by atoms with Gasteiger partial charge in [-0.05, 0) is 22.8 Å². The molecule has 0 aliphatic carbocycles. The Kier molecular flexibility index (Phi) is 1.39. The molecule has 0 atom stereocenters. The molecule has 0 N–H and O–H groups in total. The van der Waals surface area contributed by atoms with Crippen LogP contribution in [0.1, 0.15) is 0 Å². The molecular formula is C6H4N6. The Bertz CT molecular complexity index is 419. The third-order valence-corrected chi connectivity index (χ3v) is 1.36. The SMILES string of the molecule is [N-]=[N+]=Nc1nc2ccccn2n1. The van der Waals surface area contributed by atoms with E-state index in [1.165, 1.54) is 0 Å². The van der Waals surface area contributed by atoms with E-state index in [9.17, 15) is 0 Å². The lowest BCUT2D eigenvalue weighted by molar-refractivity contribution is 0.957. The average molecular weight is 160 g/mol.